The molecular formula is C17H30N2O2. The number of hydrogen-bond donors (Lipinski definition) is 1. The van der Waals surface area contributed by atoms with Gasteiger partial charge >= 0.3 is 0 Å². The average Bonchev–Trinajstić information content (AvgIpc) is 2.51. The molecule has 21 heavy (non-hydrogen) atoms. The van der Waals surface area contributed by atoms with Crippen molar-refractivity contribution >= 4 is 0 Å². The molecule has 1 aromatic carbocycles. The average molecular weight is 294 g/mol. The first-order valence-electron chi connectivity index (χ1n) is 7.66. The van der Waals surface area contributed by atoms with Crippen molar-refractivity contribution in [2.75, 3.05) is 34.9 Å². The maximum atomic E-state index is 5.50. The summed E-state index contributed by atoms with van der Waals surface area (Å²) in [6.07, 6.45) is 2.42. The first kappa shape index (κ1) is 17.8. The monoisotopic (exact) mass is 294 g/mol. The number of ether oxygens (including phenoxy) is 2. The van der Waals surface area contributed by atoms with Gasteiger partial charge in [-0.2, -0.15) is 0 Å². The Morgan fingerprint density at radius 2 is 1.95 bits per heavy atom. The lowest BCUT2D eigenvalue weighted by Gasteiger charge is -2.30. The third-order valence-corrected chi connectivity index (χ3v) is 4.09. The Morgan fingerprint density at radius 3 is 2.48 bits per heavy atom. The number of rotatable bonds is 9. The highest BCUT2D eigenvalue weighted by Gasteiger charge is 2.19. The summed E-state index contributed by atoms with van der Waals surface area (Å²) in [5, 5.41) is 3.40. The van der Waals surface area contributed by atoms with Crippen LogP contribution in [0.25, 0.3) is 0 Å². The van der Waals surface area contributed by atoms with Crippen LogP contribution in [0.3, 0.4) is 0 Å². The van der Waals surface area contributed by atoms with Gasteiger partial charge in [0.2, 0.25) is 0 Å². The molecule has 120 valence electrons. The molecule has 0 aliphatic heterocycles. The Hall–Kier alpha value is -1.26. The van der Waals surface area contributed by atoms with Gasteiger partial charge in [0.25, 0.3) is 0 Å². The summed E-state index contributed by atoms with van der Waals surface area (Å²) in [6, 6.07) is 6.73. The summed E-state index contributed by atoms with van der Waals surface area (Å²) in [5.41, 5.74) is 1.13. The fourth-order valence-electron chi connectivity index (χ4n) is 2.56. The van der Waals surface area contributed by atoms with Crippen molar-refractivity contribution in [3.63, 3.8) is 0 Å². The van der Waals surface area contributed by atoms with E-state index in [1.807, 2.05) is 19.2 Å². The van der Waals surface area contributed by atoms with E-state index in [0.717, 1.165) is 23.6 Å². The fourth-order valence-corrected chi connectivity index (χ4v) is 2.56. The van der Waals surface area contributed by atoms with Gasteiger partial charge in [-0.15, -0.1) is 0 Å². The first-order chi connectivity index (χ1) is 10.1. The normalized spacial score (nSPS) is 14.0. The molecule has 1 aromatic rings. The van der Waals surface area contributed by atoms with Crippen LogP contribution in [0.5, 0.6) is 11.5 Å². The van der Waals surface area contributed by atoms with E-state index >= 15 is 0 Å². The van der Waals surface area contributed by atoms with Gasteiger partial charge in [0, 0.05) is 24.2 Å². The van der Waals surface area contributed by atoms with Gasteiger partial charge in [0.1, 0.15) is 11.5 Å². The third-order valence-electron chi connectivity index (χ3n) is 4.09. The molecule has 1 rings (SSSR count). The molecule has 0 spiro atoms. The lowest BCUT2D eigenvalue weighted by atomic mass is 10.0. The predicted molar refractivity (Wildman–Crippen MR) is 88.3 cm³/mol. The van der Waals surface area contributed by atoms with Crippen molar-refractivity contribution in [1.29, 1.82) is 0 Å². The van der Waals surface area contributed by atoms with Gasteiger partial charge in [-0.1, -0.05) is 13.3 Å². The minimum Gasteiger partial charge on any atom is -0.497 e. The number of hydrogen-bond acceptors (Lipinski definition) is 4. The van der Waals surface area contributed by atoms with E-state index < -0.39 is 0 Å². The van der Waals surface area contributed by atoms with Crippen LogP contribution < -0.4 is 14.8 Å². The SMILES string of the molecule is CCCC(C)N(C)CC(NC)c1cc(OC)ccc1OC. The Morgan fingerprint density at radius 1 is 1.24 bits per heavy atom. The molecule has 0 radical (unpaired) electrons. The molecule has 0 aliphatic rings. The van der Waals surface area contributed by atoms with Crippen molar-refractivity contribution < 1.29 is 9.47 Å². The van der Waals surface area contributed by atoms with Crippen molar-refractivity contribution in [3.05, 3.63) is 23.8 Å². The summed E-state index contributed by atoms with van der Waals surface area (Å²) in [4.78, 5) is 2.39. The topological polar surface area (TPSA) is 33.7 Å². The standard InChI is InChI=1S/C17H30N2O2/c1-7-8-13(2)19(4)12-16(18-3)15-11-14(20-5)9-10-17(15)21-6/h9-11,13,16,18H,7-8,12H2,1-6H3. The van der Waals surface area contributed by atoms with Crippen LogP contribution >= 0.6 is 0 Å². The molecule has 0 amide bonds. The van der Waals surface area contributed by atoms with Crippen molar-refractivity contribution in [2.45, 2.75) is 38.8 Å². The van der Waals surface area contributed by atoms with Crippen LogP contribution in [0.1, 0.15) is 38.3 Å². The van der Waals surface area contributed by atoms with Gasteiger partial charge in [-0.25, -0.2) is 0 Å². The van der Waals surface area contributed by atoms with Crippen LogP contribution in [-0.4, -0.2) is 45.8 Å². The van der Waals surface area contributed by atoms with E-state index in [1.165, 1.54) is 12.8 Å². The second kappa shape index (κ2) is 8.90. The molecule has 0 saturated carbocycles. The zero-order valence-corrected chi connectivity index (χ0v) is 14.3. The van der Waals surface area contributed by atoms with E-state index in [1.54, 1.807) is 14.2 Å². The minimum absolute atomic E-state index is 0.208. The summed E-state index contributed by atoms with van der Waals surface area (Å²) in [7, 11) is 7.57. The molecule has 0 aromatic heterocycles. The van der Waals surface area contributed by atoms with Crippen LogP contribution in [0, 0.1) is 0 Å². The Balaban J connectivity index is 2.93. The largest absolute Gasteiger partial charge is 0.497 e. The van der Waals surface area contributed by atoms with Crippen LogP contribution in [0.4, 0.5) is 0 Å². The summed E-state index contributed by atoms with van der Waals surface area (Å²) < 4.78 is 10.8. The molecule has 2 atom stereocenters. The molecule has 0 fully saturated rings. The van der Waals surface area contributed by atoms with E-state index in [4.69, 9.17) is 9.47 Å². The van der Waals surface area contributed by atoms with Crippen LogP contribution in [-0.2, 0) is 0 Å². The molecular weight excluding hydrogens is 264 g/mol. The maximum absolute atomic E-state index is 5.50. The van der Waals surface area contributed by atoms with Gasteiger partial charge < -0.3 is 19.7 Å². The first-order valence-corrected chi connectivity index (χ1v) is 7.66. The van der Waals surface area contributed by atoms with Gasteiger partial charge in [0.15, 0.2) is 0 Å². The summed E-state index contributed by atoms with van der Waals surface area (Å²) in [6.45, 7) is 5.44. The van der Waals surface area contributed by atoms with E-state index in [0.29, 0.717) is 6.04 Å². The molecule has 2 unspecified atom stereocenters. The zero-order chi connectivity index (χ0) is 15.8. The molecule has 4 nitrogen and oxygen atoms in total. The van der Waals surface area contributed by atoms with Gasteiger partial charge in [0.05, 0.1) is 14.2 Å². The highest BCUT2D eigenvalue weighted by molar-refractivity contribution is 5.42. The second-order valence-corrected chi connectivity index (χ2v) is 5.53. The summed E-state index contributed by atoms with van der Waals surface area (Å²) in [5.74, 6) is 1.75. The maximum Gasteiger partial charge on any atom is 0.123 e. The van der Waals surface area contributed by atoms with Crippen LogP contribution in [0.2, 0.25) is 0 Å². The second-order valence-electron chi connectivity index (χ2n) is 5.53. The molecule has 0 aliphatic carbocycles. The lowest BCUT2D eigenvalue weighted by Crippen LogP contribution is -2.36. The number of likely N-dealkylation sites (N-methyl/N-ethyl adjacent to an activating group) is 2. The Bertz CT molecular complexity index is 423. The lowest BCUT2D eigenvalue weighted by molar-refractivity contribution is 0.220. The molecule has 4 heteroatoms. The van der Waals surface area contributed by atoms with E-state index in [2.05, 4.69) is 37.2 Å². The zero-order valence-electron chi connectivity index (χ0n) is 14.3. The fraction of sp³-hybridized carbons (Fsp3) is 0.647. The highest BCUT2D eigenvalue weighted by Crippen LogP contribution is 2.30. The van der Waals surface area contributed by atoms with Crippen molar-refractivity contribution in [2.24, 2.45) is 0 Å². The quantitative estimate of drug-likeness (QED) is 0.759. The van der Waals surface area contributed by atoms with Crippen molar-refractivity contribution in [3.8, 4) is 11.5 Å². The van der Waals surface area contributed by atoms with Crippen LogP contribution in [0.15, 0.2) is 18.2 Å². The Labute approximate surface area is 129 Å². The third kappa shape index (κ3) is 4.90. The minimum atomic E-state index is 0.208. The van der Waals surface area contributed by atoms with E-state index in [9.17, 15) is 0 Å². The smallest absolute Gasteiger partial charge is 0.123 e. The molecule has 0 saturated heterocycles. The molecule has 1 N–H and O–H groups in total. The van der Waals surface area contributed by atoms with Gasteiger partial charge in [-0.3, -0.25) is 0 Å². The number of methoxy groups -OCH3 is 2. The predicted octanol–water partition coefficient (Wildman–Crippen LogP) is 3.08. The number of benzene rings is 1. The van der Waals surface area contributed by atoms with Crippen molar-refractivity contribution in [1.82, 2.24) is 10.2 Å². The molecule has 0 bridgehead atoms. The number of nitrogens with one attached hydrogen (secondary N) is 1. The molecule has 0 heterocycles. The van der Waals surface area contributed by atoms with Gasteiger partial charge in [-0.05, 0) is 45.6 Å². The summed E-state index contributed by atoms with van der Waals surface area (Å²) >= 11 is 0. The Kier molecular flexibility index (Phi) is 7.54. The van der Waals surface area contributed by atoms with E-state index in [-0.39, 0.29) is 6.04 Å². The number of nitrogens with zero attached hydrogens (tertiary/aromatic N) is 1. The highest BCUT2D eigenvalue weighted by atomic mass is 16.5.